The third kappa shape index (κ3) is 1.75. The van der Waals surface area contributed by atoms with E-state index >= 15 is 0 Å². The second-order valence-corrected chi connectivity index (χ2v) is 5.05. The third-order valence-electron chi connectivity index (χ3n) is 3.82. The summed E-state index contributed by atoms with van der Waals surface area (Å²) in [6.07, 6.45) is -2.03. The van der Waals surface area contributed by atoms with Crippen LogP contribution in [0.2, 0.25) is 0 Å². The topological polar surface area (TPSA) is 151 Å². The van der Waals surface area contributed by atoms with Crippen LogP contribution in [-0.2, 0) is 15.3 Å². The molecular weight excluding hydrogens is 296 g/mol. The average Bonchev–Trinajstić information content (AvgIpc) is 3.02. The minimum atomic E-state index is -2.01. The summed E-state index contributed by atoms with van der Waals surface area (Å²) in [4.78, 5) is 34.0. The molecule has 0 unspecified atom stereocenters. The van der Waals surface area contributed by atoms with Crippen LogP contribution in [0.15, 0.2) is 17.4 Å². The number of hydrogen-bond acceptors (Lipinski definition) is 8. The Kier molecular flexibility index (Phi) is 3.33. The number of nitrogens with one attached hydrogen (secondary N) is 1. The zero-order chi connectivity index (χ0) is 16.1. The molecule has 4 N–H and O–H groups in total. The molecule has 10 nitrogen and oxygen atoms in total. The molecule has 3 heterocycles. The summed E-state index contributed by atoms with van der Waals surface area (Å²) in [5, 5.41) is 29.5. The third-order valence-corrected chi connectivity index (χ3v) is 3.82. The van der Waals surface area contributed by atoms with Crippen molar-refractivity contribution in [1.82, 2.24) is 19.5 Å². The van der Waals surface area contributed by atoms with Gasteiger partial charge in [-0.1, -0.05) is 0 Å². The summed E-state index contributed by atoms with van der Waals surface area (Å²) >= 11 is 0. The van der Waals surface area contributed by atoms with Crippen LogP contribution < -0.4 is 5.56 Å². The van der Waals surface area contributed by atoms with Crippen molar-refractivity contribution in [2.45, 2.75) is 31.0 Å². The van der Waals surface area contributed by atoms with Gasteiger partial charge in [-0.3, -0.25) is 14.2 Å². The van der Waals surface area contributed by atoms with Crippen LogP contribution in [0, 0.1) is 0 Å². The molecule has 4 atom stereocenters. The summed E-state index contributed by atoms with van der Waals surface area (Å²) < 4.78 is 6.55. The first-order valence-corrected chi connectivity index (χ1v) is 6.50. The van der Waals surface area contributed by atoms with Crippen LogP contribution in [0.25, 0.3) is 11.2 Å². The molecule has 2 aromatic heterocycles. The number of imidazole rings is 1. The summed E-state index contributed by atoms with van der Waals surface area (Å²) in [6, 6.07) is 0. The normalized spacial score (nSPS) is 31.7. The van der Waals surface area contributed by atoms with Crippen molar-refractivity contribution in [1.29, 1.82) is 0 Å². The fourth-order valence-corrected chi connectivity index (χ4v) is 2.70. The first kappa shape index (κ1) is 14.8. The molecule has 1 aliphatic rings. The lowest BCUT2D eigenvalue weighted by Gasteiger charge is -2.30. The molecule has 0 aromatic carbocycles. The molecule has 0 aliphatic carbocycles. The monoisotopic (exact) mass is 310 g/mol. The van der Waals surface area contributed by atoms with Gasteiger partial charge in [0, 0.05) is 0 Å². The number of fused-ring (bicyclic) bond motifs is 1. The first-order valence-electron chi connectivity index (χ1n) is 6.50. The second kappa shape index (κ2) is 4.95. The lowest BCUT2D eigenvalue weighted by molar-refractivity contribution is -0.171. The number of ketones is 1. The van der Waals surface area contributed by atoms with Crippen LogP contribution in [0.5, 0.6) is 0 Å². The number of ether oxygens (including phenoxy) is 1. The van der Waals surface area contributed by atoms with Crippen molar-refractivity contribution in [3.63, 3.8) is 0 Å². The van der Waals surface area contributed by atoms with E-state index in [2.05, 4.69) is 15.0 Å². The van der Waals surface area contributed by atoms with Gasteiger partial charge in [0.05, 0.1) is 12.9 Å². The highest BCUT2D eigenvalue weighted by atomic mass is 16.6. The van der Waals surface area contributed by atoms with Crippen LogP contribution in [0.3, 0.4) is 0 Å². The van der Waals surface area contributed by atoms with E-state index in [1.54, 1.807) is 0 Å². The van der Waals surface area contributed by atoms with Crippen molar-refractivity contribution < 1.29 is 24.9 Å². The van der Waals surface area contributed by atoms with Gasteiger partial charge in [-0.15, -0.1) is 0 Å². The fraction of sp³-hybridized carbons (Fsp3) is 0.500. The number of aromatic amines is 1. The lowest BCUT2D eigenvalue weighted by atomic mass is 9.99. The Morgan fingerprint density at radius 2 is 2.23 bits per heavy atom. The van der Waals surface area contributed by atoms with Gasteiger partial charge in [0.15, 0.2) is 16.9 Å². The lowest BCUT2D eigenvalue weighted by Crippen LogP contribution is -2.50. The second-order valence-electron chi connectivity index (χ2n) is 5.05. The van der Waals surface area contributed by atoms with Gasteiger partial charge in [-0.2, -0.15) is 0 Å². The smallest absolute Gasteiger partial charge is 0.278 e. The van der Waals surface area contributed by atoms with Gasteiger partial charge in [0.2, 0.25) is 5.72 Å². The molecule has 0 bridgehead atoms. The number of H-pyrrole nitrogens is 1. The number of aliphatic hydroxyl groups excluding tert-OH is 3. The van der Waals surface area contributed by atoms with Gasteiger partial charge < -0.3 is 25.0 Å². The summed E-state index contributed by atoms with van der Waals surface area (Å²) in [5.41, 5.74) is -2.55. The van der Waals surface area contributed by atoms with Crippen LogP contribution in [0.4, 0.5) is 0 Å². The van der Waals surface area contributed by atoms with E-state index in [-0.39, 0.29) is 11.2 Å². The molecule has 1 saturated heterocycles. The molecule has 10 heteroatoms. The van der Waals surface area contributed by atoms with E-state index in [4.69, 9.17) is 4.74 Å². The van der Waals surface area contributed by atoms with Crippen LogP contribution in [-0.4, -0.2) is 65.5 Å². The number of rotatable bonds is 3. The summed E-state index contributed by atoms with van der Waals surface area (Å²) in [5.74, 6) is -0.628. The van der Waals surface area contributed by atoms with Gasteiger partial charge >= 0.3 is 0 Å². The van der Waals surface area contributed by atoms with Gasteiger partial charge in [-0.05, 0) is 6.92 Å². The highest BCUT2D eigenvalue weighted by molar-refractivity contribution is 5.86. The molecular formula is C12H14N4O6. The summed E-state index contributed by atoms with van der Waals surface area (Å²) in [7, 11) is 0. The minimum Gasteiger partial charge on any atom is -0.394 e. The molecule has 1 aliphatic heterocycles. The van der Waals surface area contributed by atoms with E-state index in [0.29, 0.717) is 0 Å². The zero-order valence-corrected chi connectivity index (χ0v) is 11.5. The first-order chi connectivity index (χ1) is 10.4. The highest BCUT2D eigenvalue weighted by Crippen LogP contribution is 2.37. The Hall–Kier alpha value is -2.14. The van der Waals surface area contributed by atoms with Gasteiger partial charge in [0.25, 0.3) is 5.56 Å². The standard InChI is InChI=1S/C12H14N4O6/c1-5(18)12(9(20)8(19)6(2-17)22-12)16-4-15-7-10(16)13-3-14-11(7)21/h3-4,6,8-9,17,19-20H,2H2,1H3,(H,13,14,21)/t6-,8-,9-,12-/m1/s1. The van der Waals surface area contributed by atoms with Crippen molar-refractivity contribution >= 4 is 16.9 Å². The number of Topliss-reactive ketones (excluding diaryl/α,β-unsaturated/α-hetero) is 1. The maximum atomic E-state index is 12.2. The average molecular weight is 310 g/mol. The highest BCUT2D eigenvalue weighted by Gasteiger charge is 2.59. The predicted octanol–water partition coefficient (Wildman–Crippen LogP) is -2.53. The molecule has 3 rings (SSSR count). The van der Waals surface area contributed by atoms with E-state index in [0.717, 1.165) is 24.1 Å². The zero-order valence-electron chi connectivity index (χ0n) is 11.5. The molecule has 0 amide bonds. The largest absolute Gasteiger partial charge is 0.394 e. The molecule has 2 aromatic rings. The molecule has 0 saturated carbocycles. The Morgan fingerprint density at radius 3 is 2.82 bits per heavy atom. The van der Waals surface area contributed by atoms with Crippen molar-refractivity contribution in [2.75, 3.05) is 6.61 Å². The number of aromatic nitrogens is 4. The summed E-state index contributed by atoms with van der Waals surface area (Å²) in [6.45, 7) is 0.572. The number of carbonyl (C=O) groups is 1. The SMILES string of the molecule is CC(=O)[C@@]1(n2cnc3c(=O)[nH]cnc32)O[C@H](CO)[C@@H](O)[C@H]1O. The van der Waals surface area contributed by atoms with E-state index in [1.165, 1.54) is 0 Å². The van der Waals surface area contributed by atoms with Crippen molar-refractivity contribution in [3.8, 4) is 0 Å². The maximum absolute atomic E-state index is 12.2. The Labute approximate surface area is 123 Å². The number of nitrogens with zero attached hydrogens (tertiary/aromatic N) is 3. The van der Waals surface area contributed by atoms with Crippen molar-refractivity contribution in [2.24, 2.45) is 0 Å². The van der Waals surface area contributed by atoms with Crippen molar-refractivity contribution in [3.05, 3.63) is 23.0 Å². The van der Waals surface area contributed by atoms with Gasteiger partial charge in [0.1, 0.15) is 24.6 Å². The number of hydrogen-bond donors (Lipinski definition) is 4. The van der Waals surface area contributed by atoms with E-state index in [1.807, 2.05) is 0 Å². The van der Waals surface area contributed by atoms with E-state index in [9.17, 15) is 24.9 Å². The fourth-order valence-electron chi connectivity index (χ4n) is 2.70. The van der Waals surface area contributed by atoms with Crippen LogP contribution >= 0.6 is 0 Å². The Balaban J connectivity index is 2.26. The molecule has 0 radical (unpaired) electrons. The van der Waals surface area contributed by atoms with E-state index < -0.39 is 42.0 Å². The quantitative estimate of drug-likeness (QED) is 0.485. The van der Waals surface area contributed by atoms with Crippen LogP contribution in [0.1, 0.15) is 6.92 Å². The van der Waals surface area contributed by atoms with Gasteiger partial charge in [-0.25, -0.2) is 9.97 Å². The predicted molar refractivity (Wildman–Crippen MR) is 70.8 cm³/mol. The minimum absolute atomic E-state index is 0.0174. The molecule has 1 fully saturated rings. The Bertz CT molecular complexity index is 785. The Morgan fingerprint density at radius 1 is 1.50 bits per heavy atom. The number of aliphatic hydroxyl groups is 3. The molecule has 22 heavy (non-hydrogen) atoms. The maximum Gasteiger partial charge on any atom is 0.278 e. The number of carbonyl (C=O) groups excluding carboxylic acids is 1. The molecule has 118 valence electrons. The molecule has 0 spiro atoms.